The number of hydrogen-bond acceptors (Lipinski definition) is 7. The number of thiophene rings is 1. The molecule has 9 heteroatoms. The number of thioether (sulfide) groups is 1. The van der Waals surface area contributed by atoms with E-state index in [1.165, 1.54) is 47.8 Å². The van der Waals surface area contributed by atoms with E-state index in [9.17, 15) is 14.9 Å². The Balaban J connectivity index is 1.28. The van der Waals surface area contributed by atoms with Gasteiger partial charge in [-0.3, -0.25) is 9.59 Å². The SMILES string of the molecule is CCC(Sc1cccc(NC(=O)c2c(OC)cccc2OC)c1)C(=O)Nc1sc2c(c1C#N)CCC(c1ccccc1)C2. The first-order valence-electron chi connectivity index (χ1n) is 14.1. The van der Waals surface area contributed by atoms with Crippen molar-refractivity contribution in [3.63, 3.8) is 0 Å². The summed E-state index contributed by atoms with van der Waals surface area (Å²) in [6.07, 6.45) is 3.28. The van der Waals surface area contributed by atoms with Crippen LogP contribution in [0.4, 0.5) is 10.7 Å². The number of ether oxygens (including phenoxy) is 2. The van der Waals surface area contributed by atoms with Crippen LogP contribution in [0.5, 0.6) is 11.5 Å². The molecule has 220 valence electrons. The van der Waals surface area contributed by atoms with E-state index in [2.05, 4.69) is 41.0 Å². The minimum Gasteiger partial charge on any atom is -0.496 e. The molecule has 0 fully saturated rings. The van der Waals surface area contributed by atoms with Gasteiger partial charge in [-0.25, -0.2) is 0 Å². The first-order chi connectivity index (χ1) is 20.9. The van der Waals surface area contributed by atoms with Crippen LogP contribution in [0.1, 0.15) is 57.6 Å². The molecule has 2 N–H and O–H groups in total. The van der Waals surface area contributed by atoms with Crippen molar-refractivity contribution in [2.45, 2.75) is 48.7 Å². The summed E-state index contributed by atoms with van der Waals surface area (Å²) in [7, 11) is 3.01. The second-order valence-corrected chi connectivity index (χ2v) is 12.6. The van der Waals surface area contributed by atoms with Crippen LogP contribution in [-0.2, 0) is 17.6 Å². The van der Waals surface area contributed by atoms with Gasteiger partial charge in [0.15, 0.2) is 0 Å². The van der Waals surface area contributed by atoms with Gasteiger partial charge in [0.25, 0.3) is 5.91 Å². The molecule has 2 atom stereocenters. The van der Waals surface area contributed by atoms with Gasteiger partial charge >= 0.3 is 0 Å². The molecule has 5 rings (SSSR count). The minimum absolute atomic E-state index is 0.143. The number of carbonyl (C=O) groups is 2. The Morgan fingerprint density at radius 3 is 2.42 bits per heavy atom. The number of rotatable bonds is 10. The molecule has 1 aliphatic rings. The molecule has 0 radical (unpaired) electrons. The Kier molecular flexibility index (Phi) is 9.70. The quantitative estimate of drug-likeness (QED) is 0.179. The van der Waals surface area contributed by atoms with E-state index in [4.69, 9.17) is 9.47 Å². The number of nitriles is 1. The second-order valence-electron chi connectivity index (χ2n) is 10.2. The smallest absolute Gasteiger partial charge is 0.263 e. The molecular weight excluding hydrogens is 579 g/mol. The Morgan fingerprint density at radius 2 is 1.74 bits per heavy atom. The molecule has 2 amide bonds. The molecule has 1 heterocycles. The summed E-state index contributed by atoms with van der Waals surface area (Å²) in [6.45, 7) is 1.96. The molecule has 0 saturated heterocycles. The van der Waals surface area contributed by atoms with E-state index in [0.29, 0.717) is 45.7 Å². The normalized spacial score (nSPS) is 14.6. The van der Waals surface area contributed by atoms with Crippen molar-refractivity contribution in [2.24, 2.45) is 0 Å². The number of carbonyl (C=O) groups excluding carboxylic acids is 2. The lowest BCUT2D eigenvalue weighted by Gasteiger charge is -2.22. The molecule has 1 aromatic heterocycles. The summed E-state index contributed by atoms with van der Waals surface area (Å²) in [5.74, 6) is 0.732. The van der Waals surface area contributed by atoms with Gasteiger partial charge in [-0.1, -0.05) is 49.4 Å². The molecule has 7 nitrogen and oxygen atoms in total. The van der Waals surface area contributed by atoms with Gasteiger partial charge in [0.2, 0.25) is 5.91 Å². The highest BCUT2D eigenvalue weighted by Gasteiger charge is 2.28. The molecule has 4 aromatic rings. The Morgan fingerprint density at radius 1 is 1.02 bits per heavy atom. The van der Waals surface area contributed by atoms with E-state index in [1.807, 2.05) is 31.2 Å². The van der Waals surface area contributed by atoms with Crippen LogP contribution >= 0.6 is 23.1 Å². The maximum atomic E-state index is 13.5. The van der Waals surface area contributed by atoms with Gasteiger partial charge in [-0.2, -0.15) is 5.26 Å². The third-order valence-corrected chi connectivity index (χ3v) is 10.1. The number of benzene rings is 3. The molecule has 0 bridgehead atoms. The zero-order valence-corrected chi connectivity index (χ0v) is 25.9. The number of methoxy groups -OCH3 is 2. The molecule has 1 aliphatic carbocycles. The van der Waals surface area contributed by atoms with Gasteiger partial charge in [-0.15, -0.1) is 23.1 Å². The molecule has 0 spiro atoms. The van der Waals surface area contributed by atoms with E-state index in [1.54, 1.807) is 24.3 Å². The van der Waals surface area contributed by atoms with Crippen LogP contribution < -0.4 is 20.1 Å². The third kappa shape index (κ3) is 6.71. The predicted octanol–water partition coefficient (Wildman–Crippen LogP) is 7.67. The van der Waals surface area contributed by atoms with Gasteiger partial charge in [-0.05, 0) is 73.1 Å². The van der Waals surface area contributed by atoms with Crippen LogP contribution in [-0.4, -0.2) is 31.3 Å². The largest absolute Gasteiger partial charge is 0.496 e. The maximum absolute atomic E-state index is 13.5. The first-order valence-corrected chi connectivity index (χ1v) is 15.8. The van der Waals surface area contributed by atoms with E-state index in [0.717, 1.165) is 29.7 Å². The molecule has 3 aromatic carbocycles. The Hall–Kier alpha value is -4.26. The minimum atomic E-state index is -0.386. The number of nitrogens with one attached hydrogen (secondary N) is 2. The van der Waals surface area contributed by atoms with E-state index >= 15 is 0 Å². The lowest BCUT2D eigenvalue weighted by Crippen LogP contribution is -2.24. The number of amides is 2. The lowest BCUT2D eigenvalue weighted by atomic mass is 9.83. The zero-order chi connectivity index (χ0) is 30.3. The summed E-state index contributed by atoms with van der Waals surface area (Å²) in [5, 5.41) is 16.2. The Bertz CT molecular complexity index is 1640. The fourth-order valence-electron chi connectivity index (χ4n) is 5.40. The van der Waals surface area contributed by atoms with E-state index < -0.39 is 0 Å². The fraction of sp³-hybridized carbons (Fsp3) is 0.265. The van der Waals surface area contributed by atoms with Crippen molar-refractivity contribution in [3.8, 4) is 17.6 Å². The number of hydrogen-bond donors (Lipinski definition) is 2. The van der Waals surface area contributed by atoms with Crippen LogP contribution in [0.2, 0.25) is 0 Å². The fourth-order valence-corrected chi connectivity index (χ4v) is 7.69. The third-order valence-electron chi connectivity index (χ3n) is 7.57. The van der Waals surface area contributed by atoms with Crippen LogP contribution in [0.25, 0.3) is 0 Å². The zero-order valence-electron chi connectivity index (χ0n) is 24.3. The van der Waals surface area contributed by atoms with Gasteiger partial charge in [0, 0.05) is 15.5 Å². The molecule has 0 aliphatic heterocycles. The van der Waals surface area contributed by atoms with Crippen molar-refractivity contribution in [3.05, 3.63) is 99.9 Å². The summed E-state index contributed by atoms with van der Waals surface area (Å²) in [5.41, 5.74) is 3.87. The number of anilines is 2. The second kappa shape index (κ2) is 13.8. The topological polar surface area (TPSA) is 100 Å². The molecule has 43 heavy (non-hydrogen) atoms. The van der Waals surface area contributed by atoms with Crippen LogP contribution in [0, 0.1) is 11.3 Å². The van der Waals surface area contributed by atoms with Gasteiger partial charge < -0.3 is 20.1 Å². The standard InChI is InChI=1S/C34H33N3O4S2/c1-4-29(42-24-13-8-12-23(19-24)36-33(39)31-27(40-2)14-9-15-28(31)41-3)32(38)37-34-26(20-35)25-17-16-22(18-30(25)43-34)21-10-6-5-7-11-21/h5-15,19,22,29H,4,16-18H2,1-3H3,(H,36,39)(H,37,38). The highest BCUT2D eigenvalue weighted by molar-refractivity contribution is 8.00. The van der Waals surface area contributed by atoms with Crippen LogP contribution in [0.3, 0.4) is 0 Å². The average Bonchev–Trinajstić information content (AvgIpc) is 3.39. The Labute approximate surface area is 260 Å². The first kappa shape index (κ1) is 30.2. The summed E-state index contributed by atoms with van der Waals surface area (Å²) < 4.78 is 10.7. The monoisotopic (exact) mass is 611 g/mol. The predicted molar refractivity (Wildman–Crippen MR) is 173 cm³/mol. The van der Waals surface area contributed by atoms with Gasteiger partial charge in [0.05, 0.1) is 25.0 Å². The molecule has 2 unspecified atom stereocenters. The summed E-state index contributed by atoms with van der Waals surface area (Å²) in [4.78, 5) is 28.6. The number of fused-ring (bicyclic) bond motifs is 1. The number of nitrogens with zero attached hydrogens (tertiary/aromatic N) is 1. The lowest BCUT2D eigenvalue weighted by molar-refractivity contribution is -0.115. The van der Waals surface area contributed by atoms with Crippen molar-refractivity contribution >= 4 is 45.6 Å². The van der Waals surface area contributed by atoms with Gasteiger partial charge in [0.1, 0.15) is 28.1 Å². The van der Waals surface area contributed by atoms with Crippen molar-refractivity contribution in [2.75, 3.05) is 24.9 Å². The van der Waals surface area contributed by atoms with E-state index in [-0.39, 0.29) is 17.1 Å². The highest BCUT2D eigenvalue weighted by atomic mass is 32.2. The van der Waals surface area contributed by atoms with Crippen molar-refractivity contribution in [1.29, 1.82) is 5.26 Å². The van der Waals surface area contributed by atoms with Crippen molar-refractivity contribution in [1.82, 2.24) is 0 Å². The average molecular weight is 612 g/mol. The summed E-state index contributed by atoms with van der Waals surface area (Å²) >= 11 is 2.95. The molecule has 0 saturated carbocycles. The molecular formula is C34H33N3O4S2. The summed E-state index contributed by atoms with van der Waals surface area (Å²) in [6, 6.07) is 25.4. The maximum Gasteiger partial charge on any atom is 0.263 e. The highest BCUT2D eigenvalue weighted by Crippen LogP contribution is 2.42. The van der Waals surface area contributed by atoms with Crippen molar-refractivity contribution < 1.29 is 19.1 Å². The van der Waals surface area contributed by atoms with Crippen LogP contribution in [0.15, 0.2) is 77.7 Å².